The number of amides is 1. The van der Waals surface area contributed by atoms with Crippen LogP contribution >= 0.6 is 0 Å². The Balaban J connectivity index is 1.63. The second-order valence-electron chi connectivity index (χ2n) is 6.28. The van der Waals surface area contributed by atoms with Gasteiger partial charge in [-0.05, 0) is 38.3 Å². The number of hydrogen-bond acceptors (Lipinski definition) is 2. The van der Waals surface area contributed by atoms with Crippen LogP contribution in [0.4, 0.5) is 0 Å². The van der Waals surface area contributed by atoms with E-state index in [1.165, 1.54) is 12.0 Å². The van der Waals surface area contributed by atoms with Gasteiger partial charge in [-0.15, -0.1) is 0 Å². The molecule has 1 amide bonds. The van der Waals surface area contributed by atoms with Crippen LogP contribution in [0, 0.1) is 6.92 Å². The summed E-state index contributed by atoms with van der Waals surface area (Å²) in [6.45, 7) is 2.07. The minimum Gasteiger partial charge on any atom is -0.349 e. The molecule has 2 heterocycles. The Morgan fingerprint density at radius 2 is 1.91 bits per heavy atom. The molecule has 0 saturated heterocycles. The molecular formula is C19H19N3O. The van der Waals surface area contributed by atoms with Crippen LogP contribution in [0.25, 0.3) is 16.9 Å². The van der Waals surface area contributed by atoms with Crippen molar-refractivity contribution in [1.29, 1.82) is 0 Å². The van der Waals surface area contributed by atoms with Crippen molar-refractivity contribution in [3.05, 3.63) is 59.9 Å². The zero-order valence-electron chi connectivity index (χ0n) is 13.1. The second-order valence-corrected chi connectivity index (χ2v) is 6.28. The fourth-order valence-corrected chi connectivity index (χ4v) is 2.81. The predicted molar refractivity (Wildman–Crippen MR) is 90.5 cm³/mol. The molecule has 1 fully saturated rings. The number of rotatable bonds is 3. The van der Waals surface area contributed by atoms with Crippen LogP contribution in [0.3, 0.4) is 0 Å². The molecule has 1 N–H and O–H groups in total. The first-order valence-corrected chi connectivity index (χ1v) is 8.06. The van der Waals surface area contributed by atoms with Crippen molar-refractivity contribution in [3.8, 4) is 11.3 Å². The summed E-state index contributed by atoms with van der Waals surface area (Å²) in [6, 6.07) is 12.4. The minimum absolute atomic E-state index is 0.00202. The number of fused-ring (bicyclic) bond motifs is 1. The van der Waals surface area contributed by atoms with Crippen LogP contribution in [0.1, 0.15) is 35.2 Å². The number of nitrogens with one attached hydrogen (secondary N) is 1. The van der Waals surface area contributed by atoms with Gasteiger partial charge in [0.05, 0.1) is 11.3 Å². The summed E-state index contributed by atoms with van der Waals surface area (Å²) < 4.78 is 1.92. The zero-order valence-corrected chi connectivity index (χ0v) is 13.1. The van der Waals surface area contributed by atoms with Gasteiger partial charge in [-0.1, -0.05) is 29.8 Å². The van der Waals surface area contributed by atoms with Crippen molar-refractivity contribution in [3.63, 3.8) is 0 Å². The van der Waals surface area contributed by atoms with Gasteiger partial charge < -0.3 is 9.72 Å². The number of carbonyl (C=O) groups is 1. The molecule has 0 bridgehead atoms. The Labute approximate surface area is 135 Å². The first-order chi connectivity index (χ1) is 11.2. The van der Waals surface area contributed by atoms with Crippen molar-refractivity contribution in [1.82, 2.24) is 14.7 Å². The van der Waals surface area contributed by atoms with Gasteiger partial charge in [-0.3, -0.25) is 4.79 Å². The first kappa shape index (κ1) is 14.0. The quantitative estimate of drug-likeness (QED) is 0.804. The number of carbonyl (C=O) groups excluding carboxylic acids is 1. The molecule has 116 valence electrons. The van der Waals surface area contributed by atoms with Gasteiger partial charge in [0.2, 0.25) is 0 Å². The maximum Gasteiger partial charge on any atom is 0.252 e. The van der Waals surface area contributed by atoms with Gasteiger partial charge in [0, 0.05) is 24.0 Å². The standard InChI is InChI=1S/C19H19N3O/c1-13-5-7-14(8-6-13)17-12-22-11-15(9-10-18(22)21-17)19(23)20-16-3-2-4-16/h5-12,16H,2-4H2,1H3,(H,20,23). The Bertz CT molecular complexity index is 860. The highest BCUT2D eigenvalue weighted by molar-refractivity contribution is 5.94. The molecule has 4 nitrogen and oxygen atoms in total. The second kappa shape index (κ2) is 5.54. The lowest BCUT2D eigenvalue weighted by Gasteiger charge is -2.26. The lowest BCUT2D eigenvalue weighted by atomic mass is 9.93. The number of aryl methyl sites for hydroxylation is 1. The predicted octanol–water partition coefficient (Wildman–Crippen LogP) is 3.59. The molecular weight excluding hydrogens is 286 g/mol. The van der Waals surface area contributed by atoms with Gasteiger partial charge in [0.1, 0.15) is 5.65 Å². The van der Waals surface area contributed by atoms with Gasteiger partial charge in [0.25, 0.3) is 5.91 Å². The van der Waals surface area contributed by atoms with Crippen molar-refractivity contribution < 1.29 is 4.79 Å². The highest BCUT2D eigenvalue weighted by Crippen LogP contribution is 2.21. The Morgan fingerprint density at radius 1 is 1.13 bits per heavy atom. The summed E-state index contributed by atoms with van der Waals surface area (Å²) in [7, 11) is 0. The lowest BCUT2D eigenvalue weighted by Crippen LogP contribution is -2.39. The number of imidazole rings is 1. The lowest BCUT2D eigenvalue weighted by molar-refractivity contribution is 0.0916. The third-order valence-electron chi connectivity index (χ3n) is 4.50. The Hall–Kier alpha value is -2.62. The van der Waals surface area contributed by atoms with E-state index >= 15 is 0 Å². The minimum atomic E-state index is 0.00202. The van der Waals surface area contributed by atoms with E-state index in [-0.39, 0.29) is 5.91 Å². The summed E-state index contributed by atoms with van der Waals surface area (Å²) in [4.78, 5) is 16.9. The summed E-state index contributed by atoms with van der Waals surface area (Å²) in [6.07, 6.45) is 7.23. The highest BCUT2D eigenvalue weighted by Gasteiger charge is 2.20. The molecule has 0 spiro atoms. The number of pyridine rings is 1. The van der Waals surface area contributed by atoms with Crippen LogP contribution in [0.2, 0.25) is 0 Å². The topological polar surface area (TPSA) is 46.4 Å². The molecule has 1 aromatic carbocycles. The van der Waals surface area contributed by atoms with Crippen LogP contribution in [-0.4, -0.2) is 21.3 Å². The zero-order chi connectivity index (χ0) is 15.8. The number of aromatic nitrogens is 2. The third kappa shape index (κ3) is 2.72. The highest BCUT2D eigenvalue weighted by atomic mass is 16.1. The van der Waals surface area contributed by atoms with E-state index < -0.39 is 0 Å². The molecule has 0 atom stereocenters. The Morgan fingerprint density at radius 3 is 2.61 bits per heavy atom. The summed E-state index contributed by atoms with van der Waals surface area (Å²) >= 11 is 0. The number of benzene rings is 1. The maximum absolute atomic E-state index is 12.3. The smallest absolute Gasteiger partial charge is 0.252 e. The maximum atomic E-state index is 12.3. The van der Waals surface area contributed by atoms with E-state index in [2.05, 4.69) is 41.5 Å². The summed E-state index contributed by atoms with van der Waals surface area (Å²) in [5.74, 6) is 0.00202. The molecule has 4 heteroatoms. The van der Waals surface area contributed by atoms with Crippen LogP contribution in [0.15, 0.2) is 48.8 Å². The van der Waals surface area contributed by atoms with E-state index in [0.717, 1.165) is 29.7 Å². The molecule has 2 aromatic heterocycles. The summed E-state index contributed by atoms with van der Waals surface area (Å²) in [5, 5.41) is 3.07. The van der Waals surface area contributed by atoms with E-state index in [0.29, 0.717) is 11.6 Å². The third-order valence-corrected chi connectivity index (χ3v) is 4.50. The molecule has 0 aliphatic heterocycles. The monoisotopic (exact) mass is 305 g/mol. The fraction of sp³-hybridized carbons (Fsp3) is 0.263. The first-order valence-electron chi connectivity index (χ1n) is 8.06. The largest absolute Gasteiger partial charge is 0.349 e. The van der Waals surface area contributed by atoms with Crippen molar-refractivity contribution >= 4 is 11.6 Å². The number of nitrogens with zero attached hydrogens (tertiary/aromatic N) is 2. The van der Waals surface area contributed by atoms with E-state index in [1.807, 2.05) is 28.9 Å². The molecule has 1 aliphatic rings. The molecule has 3 aromatic rings. The molecule has 0 unspecified atom stereocenters. The summed E-state index contributed by atoms with van der Waals surface area (Å²) in [5.41, 5.74) is 4.76. The van der Waals surface area contributed by atoms with Crippen LogP contribution in [0.5, 0.6) is 0 Å². The van der Waals surface area contributed by atoms with Gasteiger partial charge in [0.15, 0.2) is 0 Å². The van der Waals surface area contributed by atoms with Gasteiger partial charge >= 0.3 is 0 Å². The van der Waals surface area contributed by atoms with Crippen molar-refractivity contribution in [2.75, 3.05) is 0 Å². The van der Waals surface area contributed by atoms with E-state index in [1.54, 1.807) is 0 Å². The van der Waals surface area contributed by atoms with Crippen molar-refractivity contribution in [2.24, 2.45) is 0 Å². The Kier molecular flexibility index (Phi) is 3.37. The molecule has 23 heavy (non-hydrogen) atoms. The average Bonchev–Trinajstić information content (AvgIpc) is 2.94. The molecule has 1 aliphatic carbocycles. The normalized spacial score (nSPS) is 14.7. The average molecular weight is 305 g/mol. The van der Waals surface area contributed by atoms with E-state index in [9.17, 15) is 4.79 Å². The SMILES string of the molecule is Cc1ccc(-c2cn3cc(C(=O)NC4CCC4)ccc3n2)cc1. The van der Waals surface area contributed by atoms with Crippen LogP contribution < -0.4 is 5.32 Å². The number of hydrogen-bond donors (Lipinski definition) is 1. The molecule has 1 saturated carbocycles. The van der Waals surface area contributed by atoms with E-state index in [4.69, 9.17) is 0 Å². The van der Waals surface area contributed by atoms with Crippen molar-refractivity contribution in [2.45, 2.75) is 32.2 Å². The fourth-order valence-electron chi connectivity index (χ4n) is 2.81. The van der Waals surface area contributed by atoms with Crippen LogP contribution in [-0.2, 0) is 0 Å². The van der Waals surface area contributed by atoms with Gasteiger partial charge in [-0.25, -0.2) is 4.98 Å². The molecule has 4 rings (SSSR count). The molecule has 0 radical (unpaired) electrons. The van der Waals surface area contributed by atoms with Gasteiger partial charge in [-0.2, -0.15) is 0 Å².